The maximum atomic E-state index is 12.2. The Morgan fingerprint density at radius 3 is 2.68 bits per heavy atom. The van der Waals surface area contributed by atoms with E-state index >= 15 is 0 Å². The predicted molar refractivity (Wildman–Crippen MR) is 63.8 cm³/mol. The molecule has 0 amide bonds. The summed E-state index contributed by atoms with van der Waals surface area (Å²) in [7, 11) is 0. The van der Waals surface area contributed by atoms with Crippen molar-refractivity contribution >= 4 is 23.9 Å². The van der Waals surface area contributed by atoms with Crippen molar-refractivity contribution in [3.63, 3.8) is 0 Å². The zero-order valence-corrected chi connectivity index (χ0v) is 10.7. The maximum Gasteiger partial charge on any atom is 0.387 e. The van der Waals surface area contributed by atoms with Gasteiger partial charge in [-0.1, -0.05) is 11.6 Å². The lowest BCUT2D eigenvalue weighted by atomic mass is 10.1. The minimum atomic E-state index is -3.07. The summed E-state index contributed by atoms with van der Waals surface area (Å²) in [6, 6.07) is 2.30. The number of ether oxygens (including phenoxy) is 2. The van der Waals surface area contributed by atoms with Gasteiger partial charge in [-0.05, 0) is 24.6 Å². The van der Waals surface area contributed by atoms with E-state index < -0.39 is 12.6 Å². The number of esters is 1. The first kappa shape index (κ1) is 15.4. The van der Waals surface area contributed by atoms with Crippen LogP contribution >= 0.6 is 11.6 Å². The molecule has 0 aliphatic rings. The fourth-order valence-electron chi connectivity index (χ4n) is 1.40. The minimum Gasteiger partial charge on any atom is -0.466 e. The molecule has 0 bridgehead atoms. The fourth-order valence-corrected chi connectivity index (χ4v) is 1.64. The van der Waals surface area contributed by atoms with Crippen LogP contribution in [0.4, 0.5) is 8.78 Å². The Morgan fingerprint density at radius 2 is 2.16 bits per heavy atom. The normalized spacial score (nSPS) is 10.4. The number of hydrogen-bond acceptors (Lipinski definition) is 4. The van der Waals surface area contributed by atoms with Crippen LogP contribution in [0.3, 0.4) is 0 Å². The van der Waals surface area contributed by atoms with Gasteiger partial charge < -0.3 is 9.47 Å². The van der Waals surface area contributed by atoms with Gasteiger partial charge in [-0.3, -0.25) is 9.59 Å². The highest BCUT2D eigenvalue weighted by Crippen LogP contribution is 2.28. The molecule has 0 aliphatic carbocycles. The molecule has 0 heterocycles. The standard InChI is InChI=1S/C12H11ClF2O4/c1-2-18-11(17)5-7-4-10(19-12(14)15)8(6-16)3-9(7)13/h3-4,6,12H,2,5H2,1H3. The van der Waals surface area contributed by atoms with E-state index in [1.165, 1.54) is 6.07 Å². The SMILES string of the molecule is CCOC(=O)Cc1cc(OC(F)F)c(C=O)cc1Cl. The first-order valence-electron chi connectivity index (χ1n) is 5.36. The Bertz CT molecular complexity index is 477. The van der Waals surface area contributed by atoms with Gasteiger partial charge in [0.2, 0.25) is 0 Å². The second kappa shape index (κ2) is 7.04. The third-order valence-corrected chi connectivity index (χ3v) is 2.51. The van der Waals surface area contributed by atoms with Gasteiger partial charge in [-0.15, -0.1) is 0 Å². The molecule has 1 rings (SSSR count). The molecule has 19 heavy (non-hydrogen) atoms. The minimum absolute atomic E-state index is 0.108. The molecule has 1 aromatic carbocycles. The zero-order valence-electron chi connectivity index (χ0n) is 9.99. The van der Waals surface area contributed by atoms with E-state index in [0.29, 0.717) is 6.29 Å². The second-order valence-electron chi connectivity index (χ2n) is 3.46. The van der Waals surface area contributed by atoms with E-state index in [0.717, 1.165) is 6.07 Å². The number of carbonyl (C=O) groups is 2. The number of rotatable bonds is 6. The Hall–Kier alpha value is -1.69. The summed E-state index contributed by atoms with van der Waals surface area (Å²) >= 11 is 5.85. The lowest BCUT2D eigenvalue weighted by Crippen LogP contribution is -2.10. The zero-order chi connectivity index (χ0) is 14.4. The van der Waals surface area contributed by atoms with Gasteiger partial charge in [-0.2, -0.15) is 8.78 Å². The van der Waals surface area contributed by atoms with E-state index in [1.807, 2.05) is 0 Å². The molecular weight excluding hydrogens is 282 g/mol. The van der Waals surface area contributed by atoms with Gasteiger partial charge in [0.15, 0.2) is 6.29 Å². The third kappa shape index (κ3) is 4.48. The molecule has 0 unspecified atom stereocenters. The van der Waals surface area contributed by atoms with E-state index in [-0.39, 0.29) is 34.9 Å². The smallest absolute Gasteiger partial charge is 0.387 e. The summed E-state index contributed by atoms with van der Waals surface area (Å²) in [5, 5.41) is 0.108. The molecule has 4 nitrogen and oxygen atoms in total. The Morgan fingerprint density at radius 1 is 1.47 bits per heavy atom. The Balaban J connectivity index is 3.04. The molecule has 104 valence electrons. The molecular formula is C12H11ClF2O4. The summed E-state index contributed by atoms with van der Waals surface area (Å²) in [4.78, 5) is 22.0. The summed E-state index contributed by atoms with van der Waals surface area (Å²) in [5.41, 5.74) is 0.138. The second-order valence-corrected chi connectivity index (χ2v) is 3.87. The van der Waals surface area contributed by atoms with Crippen LogP contribution in [0.15, 0.2) is 12.1 Å². The van der Waals surface area contributed by atoms with E-state index in [9.17, 15) is 18.4 Å². The topological polar surface area (TPSA) is 52.6 Å². The van der Waals surface area contributed by atoms with Gasteiger partial charge in [0.05, 0.1) is 18.6 Å². The molecule has 1 aromatic rings. The Kier molecular flexibility index (Phi) is 5.69. The van der Waals surface area contributed by atoms with Crippen molar-refractivity contribution in [2.45, 2.75) is 20.0 Å². The van der Waals surface area contributed by atoms with E-state index in [2.05, 4.69) is 4.74 Å². The summed E-state index contributed by atoms with van der Waals surface area (Å²) < 4.78 is 33.3. The predicted octanol–water partition coefficient (Wildman–Crippen LogP) is 2.86. The summed E-state index contributed by atoms with van der Waals surface area (Å²) in [6.45, 7) is -1.24. The molecule has 0 atom stereocenters. The highest BCUT2D eigenvalue weighted by Gasteiger charge is 2.15. The fraction of sp³-hybridized carbons (Fsp3) is 0.333. The van der Waals surface area contributed by atoms with Crippen LogP contribution in [0.5, 0.6) is 5.75 Å². The molecule has 0 N–H and O–H groups in total. The number of aldehydes is 1. The van der Waals surface area contributed by atoms with E-state index in [1.54, 1.807) is 6.92 Å². The molecule has 0 aromatic heterocycles. The van der Waals surface area contributed by atoms with Crippen molar-refractivity contribution in [1.29, 1.82) is 0 Å². The number of benzene rings is 1. The van der Waals surface area contributed by atoms with Crippen molar-refractivity contribution in [1.82, 2.24) is 0 Å². The van der Waals surface area contributed by atoms with Gasteiger partial charge in [0, 0.05) is 5.02 Å². The summed E-state index contributed by atoms with van der Waals surface area (Å²) in [5.74, 6) is -0.875. The van der Waals surface area contributed by atoms with Gasteiger partial charge >= 0.3 is 12.6 Å². The van der Waals surface area contributed by atoms with Crippen molar-refractivity contribution in [2.24, 2.45) is 0 Å². The van der Waals surface area contributed by atoms with Crippen LogP contribution in [-0.4, -0.2) is 25.5 Å². The highest BCUT2D eigenvalue weighted by molar-refractivity contribution is 6.31. The van der Waals surface area contributed by atoms with Crippen LogP contribution in [0.2, 0.25) is 5.02 Å². The van der Waals surface area contributed by atoms with Gasteiger partial charge in [-0.25, -0.2) is 0 Å². The molecule has 0 aliphatic heterocycles. The highest BCUT2D eigenvalue weighted by atomic mass is 35.5. The average Bonchev–Trinajstić information content (AvgIpc) is 2.32. The molecule has 0 radical (unpaired) electrons. The Labute approximate surface area is 113 Å². The van der Waals surface area contributed by atoms with Crippen LogP contribution < -0.4 is 4.74 Å². The average molecular weight is 293 g/mol. The van der Waals surface area contributed by atoms with Gasteiger partial charge in [0.1, 0.15) is 5.75 Å². The molecule has 0 saturated heterocycles. The molecule has 0 fully saturated rings. The lowest BCUT2D eigenvalue weighted by molar-refractivity contribution is -0.142. The quantitative estimate of drug-likeness (QED) is 0.597. The largest absolute Gasteiger partial charge is 0.466 e. The molecule has 0 spiro atoms. The maximum absolute atomic E-state index is 12.2. The number of carbonyl (C=O) groups excluding carboxylic acids is 2. The van der Waals surface area contributed by atoms with Crippen LogP contribution in [0.1, 0.15) is 22.8 Å². The van der Waals surface area contributed by atoms with Crippen molar-refractivity contribution < 1.29 is 27.8 Å². The van der Waals surface area contributed by atoms with E-state index in [4.69, 9.17) is 16.3 Å². The van der Waals surface area contributed by atoms with Crippen molar-refractivity contribution in [3.05, 3.63) is 28.3 Å². The van der Waals surface area contributed by atoms with Crippen molar-refractivity contribution in [2.75, 3.05) is 6.61 Å². The number of alkyl halides is 2. The molecule has 0 saturated carbocycles. The molecule has 7 heteroatoms. The van der Waals surface area contributed by atoms with Crippen LogP contribution in [-0.2, 0) is 16.0 Å². The monoisotopic (exact) mass is 292 g/mol. The van der Waals surface area contributed by atoms with Crippen molar-refractivity contribution in [3.8, 4) is 5.75 Å². The van der Waals surface area contributed by atoms with Gasteiger partial charge in [0.25, 0.3) is 0 Å². The summed E-state index contributed by atoms with van der Waals surface area (Å²) in [6.07, 6.45) is 0.156. The first-order chi connectivity index (χ1) is 8.97. The van der Waals surface area contributed by atoms with Crippen LogP contribution in [0, 0.1) is 0 Å². The third-order valence-electron chi connectivity index (χ3n) is 2.16. The number of hydrogen-bond donors (Lipinski definition) is 0. The lowest BCUT2D eigenvalue weighted by Gasteiger charge is -2.11. The first-order valence-corrected chi connectivity index (χ1v) is 5.73. The number of halogens is 3. The van der Waals surface area contributed by atoms with Crippen LogP contribution in [0.25, 0.3) is 0 Å².